The minimum absolute atomic E-state index is 0.607. The SMILES string of the molecule is CCCCCCCCCCCCCCCCCCC1N(CCCCCCCCCC)C=CN1C(C)C. The lowest BCUT2D eigenvalue weighted by atomic mass is 10.0. The molecule has 0 aromatic carbocycles. The molecule has 0 aliphatic carbocycles. The van der Waals surface area contributed by atoms with Crippen molar-refractivity contribution >= 4 is 0 Å². The summed E-state index contributed by atoms with van der Waals surface area (Å²) in [6.45, 7) is 10.6. The molecule has 1 rings (SSSR count). The molecule has 0 saturated carbocycles. The van der Waals surface area contributed by atoms with Crippen LogP contribution in [0.4, 0.5) is 0 Å². The van der Waals surface area contributed by atoms with Gasteiger partial charge in [0.25, 0.3) is 0 Å². The van der Waals surface area contributed by atoms with Crippen LogP contribution in [0, 0.1) is 0 Å². The van der Waals surface area contributed by atoms with Gasteiger partial charge in [-0.25, -0.2) is 0 Å². The molecular formula is C34H68N2. The molecule has 1 heterocycles. The number of nitrogens with zero attached hydrogens (tertiary/aromatic N) is 2. The predicted molar refractivity (Wildman–Crippen MR) is 163 cm³/mol. The molecule has 1 aliphatic heterocycles. The fourth-order valence-electron chi connectivity index (χ4n) is 5.89. The number of hydrogen-bond donors (Lipinski definition) is 0. The first-order valence-corrected chi connectivity index (χ1v) is 16.9. The second-order valence-electron chi connectivity index (χ2n) is 12.1. The van der Waals surface area contributed by atoms with E-state index in [1.54, 1.807) is 0 Å². The molecule has 0 aromatic heterocycles. The number of hydrogen-bond acceptors (Lipinski definition) is 2. The van der Waals surface area contributed by atoms with Gasteiger partial charge in [0.05, 0.1) is 0 Å². The molecule has 0 bridgehead atoms. The standard InChI is InChI=1S/C34H68N2/c1-5-7-9-11-13-15-16-17-18-19-20-21-22-23-25-27-29-34-35(31-32-36(34)33(3)4)30-28-26-24-14-12-10-8-6-2/h31-34H,5-30H2,1-4H3. The van der Waals surface area contributed by atoms with Gasteiger partial charge in [-0.1, -0.05) is 155 Å². The molecule has 214 valence electrons. The van der Waals surface area contributed by atoms with E-state index in [0.29, 0.717) is 12.2 Å². The fourth-order valence-corrected chi connectivity index (χ4v) is 5.89. The Morgan fingerprint density at radius 3 is 1.22 bits per heavy atom. The summed E-state index contributed by atoms with van der Waals surface area (Å²) in [5.74, 6) is 0. The molecule has 0 aromatic rings. The van der Waals surface area contributed by atoms with Gasteiger partial charge in [0.2, 0.25) is 0 Å². The maximum Gasteiger partial charge on any atom is 0.101 e. The fraction of sp³-hybridized carbons (Fsp3) is 0.941. The third-order valence-corrected chi connectivity index (χ3v) is 8.34. The number of unbranched alkanes of at least 4 members (excludes halogenated alkanes) is 22. The first-order chi connectivity index (χ1) is 17.7. The minimum Gasteiger partial charge on any atom is -0.356 e. The average molecular weight is 505 g/mol. The first kappa shape index (κ1) is 33.4. The zero-order valence-corrected chi connectivity index (χ0v) is 25.6. The normalized spacial score (nSPS) is 15.6. The Hall–Kier alpha value is -0.660. The van der Waals surface area contributed by atoms with Gasteiger partial charge in [0.15, 0.2) is 0 Å². The van der Waals surface area contributed by atoms with Gasteiger partial charge in [0, 0.05) is 25.0 Å². The molecule has 0 amide bonds. The molecule has 0 fully saturated rings. The lowest BCUT2D eigenvalue weighted by Crippen LogP contribution is -2.42. The molecule has 0 N–H and O–H groups in total. The van der Waals surface area contributed by atoms with Gasteiger partial charge >= 0.3 is 0 Å². The van der Waals surface area contributed by atoms with Crippen molar-refractivity contribution in [3.63, 3.8) is 0 Å². The maximum absolute atomic E-state index is 2.66. The highest BCUT2D eigenvalue weighted by atomic mass is 15.4. The summed E-state index contributed by atoms with van der Waals surface area (Å²) in [7, 11) is 0. The van der Waals surface area contributed by atoms with Crippen LogP contribution in [0.2, 0.25) is 0 Å². The second-order valence-corrected chi connectivity index (χ2v) is 12.1. The zero-order valence-electron chi connectivity index (χ0n) is 25.6. The summed E-state index contributed by atoms with van der Waals surface area (Å²) in [6, 6.07) is 0.607. The summed E-state index contributed by atoms with van der Waals surface area (Å²) in [6.07, 6.45) is 41.2. The van der Waals surface area contributed by atoms with Crippen LogP contribution in [0.1, 0.15) is 188 Å². The molecule has 1 unspecified atom stereocenters. The van der Waals surface area contributed by atoms with Gasteiger partial charge in [-0.05, 0) is 33.1 Å². The Morgan fingerprint density at radius 2 is 0.833 bits per heavy atom. The highest BCUT2D eigenvalue weighted by Gasteiger charge is 2.26. The van der Waals surface area contributed by atoms with Crippen LogP contribution in [-0.2, 0) is 0 Å². The van der Waals surface area contributed by atoms with Crippen molar-refractivity contribution in [2.45, 2.75) is 200 Å². The molecule has 0 radical (unpaired) electrons. The van der Waals surface area contributed by atoms with Gasteiger partial charge in [-0.3, -0.25) is 0 Å². The monoisotopic (exact) mass is 505 g/mol. The Morgan fingerprint density at radius 1 is 0.472 bits per heavy atom. The van der Waals surface area contributed by atoms with Gasteiger partial charge in [0.1, 0.15) is 6.17 Å². The van der Waals surface area contributed by atoms with Crippen LogP contribution in [0.3, 0.4) is 0 Å². The van der Waals surface area contributed by atoms with E-state index in [1.165, 1.54) is 167 Å². The molecule has 1 atom stereocenters. The Labute approximate surface area is 229 Å². The first-order valence-electron chi connectivity index (χ1n) is 16.9. The lowest BCUT2D eigenvalue weighted by Gasteiger charge is -2.35. The van der Waals surface area contributed by atoms with Crippen LogP contribution in [0.15, 0.2) is 12.4 Å². The van der Waals surface area contributed by atoms with Crippen molar-refractivity contribution in [3.05, 3.63) is 12.4 Å². The van der Waals surface area contributed by atoms with E-state index in [4.69, 9.17) is 0 Å². The van der Waals surface area contributed by atoms with Gasteiger partial charge in [-0.15, -0.1) is 0 Å². The average Bonchev–Trinajstić information content (AvgIpc) is 3.28. The third kappa shape index (κ3) is 17.7. The highest BCUT2D eigenvalue weighted by Crippen LogP contribution is 2.25. The molecule has 0 saturated heterocycles. The van der Waals surface area contributed by atoms with E-state index < -0.39 is 0 Å². The molecule has 36 heavy (non-hydrogen) atoms. The summed E-state index contributed by atoms with van der Waals surface area (Å²) in [5, 5.41) is 0. The smallest absolute Gasteiger partial charge is 0.101 e. The van der Waals surface area contributed by atoms with E-state index in [0.717, 1.165) is 0 Å². The van der Waals surface area contributed by atoms with Crippen molar-refractivity contribution in [1.29, 1.82) is 0 Å². The van der Waals surface area contributed by atoms with Crippen LogP contribution >= 0.6 is 0 Å². The summed E-state index contributed by atoms with van der Waals surface area (Å²) >= 11 is 0. The van der Waals surface area contributed by atoms with Gasteiger partial charge in [-0.2, -0.15) is 0 Å². The third-order valence-electron chi connectivity index (χ3n) is 8.34. The largest absolute Gasteiger partial charge is 0.356 e. The molecular weight excluding hydrogens is 436 g/mol. The number of rotatable bonds is 27. The van der Waals surface area contributed by atoms with Crippen LogP contribution in [0.25, 0.3) is 0 Å². The quantitative estimate of drug-likeness (QED) is 0.103. The maximum atomic E-state index is 2.66. The van der Waals surface area contributed by atoms with E-state index in [-0.39, 0.29) is 0 Å². The molecule has 2 heteroatoms. The summed E-state index contributed by atoms with van der Waals surface area (Å²) < 4.78 is 0. The van der Waals surface area contributed by atoms with Crippen LogP contribution < -0.4 is 0 Å². The Bertz CT molecular complexity index is 472. The Kier molecular flexibility index (Phi) is 22.9. The van der Waals surface area contributed by atoms with Crippen molar-refractivity contribution in [1.82, 2.24) is 9.80 Å². The zero-order chi connectivity index (χ0) is 26.1. The second kappa shape index (κ2) is 24.7. The van der Waals surface area contributed by atoms with Crippen molar-refractivity contribution in [3.8, 4) is 0 Å². The van der Waals surface area contributed by atoms with E-state index >= 15 is 0 Å². The highest BCUT2D eigenvalue weighted by molar-refractivity contribution is 4.98. The van der Waals surface area contributed by atoms with Crippen molar-refractivity contribution in [2.24, 2.45) is 0 Å². The molecule has 1 aliphatic rings. The summed E-state index contributed by atoms with van der Waals surface area (Å²) in [5.41, 5.74) is 0. The lowest BCUT2D eigenvalue weighted by molar-refractivity contribution is 0.114. The van der Waals surface area contributed by atoms with Crippen LogP contribution in [-0.4, -0.2) is 28.6 Å². The summed E-state index contributed by atoms with van der Waals surface area (Å²) in [4.78, 5) is 5.26. The molecule has 0 spiro atoms. The van der Waals surface area contributed by atoms with Gasteiger partial charge < -0.3 is 9.80 Å². The molecule has 2 nitrogen and oxygen atoms in total. The van der Waals surface area contributed by atoms with Crippen LogP contribution in [0.5, 0.6) is 0 Å². The minimum atomic E-state index is 0.607. The van der Waals surface area contributed by atoms with E-state index in [9.17, 15) is 0 Å². The van der Waals surface area contributed by atoms with Crippen molar-refractivity contribution < 1.29 is 0 Å². The van der Waals surface area contributed by atoms with E-state index in [2.05, 4.69) is 49.9 Å². The topological polar surface area (TPSA) is 6.48 Å². The van der Waals surface area contributed by atoms with E-state index in [1.807, 2.05) is 0 Å². The Balaban J connectivity index is 2.00. The predicted octanol–water partition coefficient (Wildman–Crippen LogP) is 11.6. The van der Waals surface area contributed by atoms with Crippen molar-refractivity contribution in [2.75, 3.05) is 6.54 Å².